The van der Waals surface area contributed by atoms with Gasteiger partial charge in [-0.05, 0) is 18.9 Å². The number of aliphatic hydroxyl groups is 1. The van der Waals surface area contributed by atoms with Gasteiger partial charge in [0.2, 0.25) is 0 Å². The molecule has 1 aliphatic carbocycles. The summed E-state index contributed by atoms with van der Waals surface area (Å²) in [4.78, 5) is 11.2. The molecule has 0 amide bonds. The van der Waals surface area contributed by atoms with Gasteiger partial charge in [0, 0.05) is 29.4 Å². The van der Waals surface area contributed by atoms with Crippen molar-refractivity contribution < 1.29 is 23.2 Å². The number of non-ortho nitro benzene ring substituents is 1. The first-order valence-corrected chi connectivity index (χ1v) is 6.03. The third-order valence-electron chi connectivity index (χ3n) is 3.09. The molecule has 20 heavy (non-hydrogen) atoms. The van der Waals surface area contributed by atoms with Crippen LogP contribution >= 0.6 is 0 Å². The molecule has 0 atom stereocenters. The summed E-state index contributed by atoms with van der Waals surface area (Å²) in [6.45, 7) is -1.67. The van der Waals surface area contributed by atoms with E-state index < -0.39 is 24.3 Å². The first kappa shape index (κ1) is 14.6. The second-order valence-corrected chi connectivity index (χ2v) is 4.70. The van der Waals surface area contributed by atoms with Crippen molar-refractivity contribution in [3.63, 3.8) is 0 Å². The van der Waals surface area contributed by atoms with Crippen LogP contribution < -0.4 is 4.90 Å². The van der Waals surface area contributed by atoms with E-state index in [1.54, 1.807) is 0 Å². The monoisotopic (exact) mass is 290 g/mol. The molecule has 1 aromatic rings. The Hall–Kier alpha value is -1.83. The molecule has 1 fully saturated rings. The van der Waals surface area contributed by atoms with Crippen molar-refractivity contribution in [2.45, 2.75) is 31.7 Å². The maximum absolute atomic E-state index is 12.6. The first-order valence-electron chi connectivity index (χ1n) is 6.03. The minimum atomic E-state index is -4.36. The Morgan fingerprint density at radius 2 is 2.05 bits per heavy atom. The Balaban J connectivity index is 2.35. The van der Waals surface area contributed by atoms with Gasteiger partial charge >= 0.3 is 6.18 Å². The lowest BCUT2D eigenvalue weighted by Gasteiger charge is -2.27. The van der Waals surface area contributed by atoms with Gasteiger partial charge in [0.15, 0.2) is 0 Å². The van der Waals surface area contributed by atoms with E-state index in [0.29, 0.717) is 12.8 Å². The number of alkyl halides is 3. The Morgan fingerprint density at radius 3 is 2.50 bits per heavy atom. The minimum Gasteiger partial charge on any atom is -0.392 e. The standard InChI is InChI=1S/C12H13F3N2O3/c13-12(14,15)7-16(9-1-2-9)11-4-3-10(17(19)20)5-8(11)6-18/h3-5,9,18H,1-2,6-7H2. The van der Waals surface area contributed by atoms with Crippen LogP contribution in [0.2, 0.25) is 0 Å². The van der Waals surface area contributed by atoms with Crippen LogP contribution in [0.15, 0.2) is 18.2 Å². The summed E-state index contributed by atoms with van der Waals surface area (Å²) in [5.74, 6) is 0. The number of benzene rings is 1. The molecule has 0 unspecified atom stereocenters. The third kappa shape index (κ3) is 3.38. The highest BCUT2D eigenvalue weighted by Gasteiger charge is 2.39. The average molecular weight is 290 g/mol. The van der Waals surface area contributed by atoms with E-state index in [1.807, 2.05) is 0 Å². The van der Waals surface area contributed by atoms with Crippen molar-refractivity contribution in [1.82, 2.24) is 0 Å². The van der Waals surface area contributed by atoms with Crippen LogP contribution in [0.25, 0.3) is 0 Å². The number of nitro benzene ring substituents is 1. The molecule has 0 spiro atoms. The van der Waals surface area contributed by atoms with Crippen LogP contribution in [0.1, 0.15) is 18.4 Å². The van der Waals surface area contributed by atoms with Crippen molar-refractivity contribution in [3.8, 4) is 0 Å². The van der Waals surface area contributed by atoms with Gasteiger partial charge in [0.1, 0.15) is 6.54 Å². The van der Waals surface area contributed by atoms with E-state index in [0.717, 1.165) is 17.0 Å². The van der Waals surface area contributed by atoms with Crippen molar-refractivity contribution in [2.75, 3.05) is 11.4 Å². The number of anilines is 1. The van der Waals surface area contributed by atoms with Gasteiger partial charge in [-0.1, -0.05) is 0 Å². The summed E-state index contributed by atoms with van der Waals surface area (Å²) in [5.41, 5.74) is 0.0915. The molecule has 0 bridgehead atoms. The van der Waals surface area contributed by atoms with Crippen LogP contribution in [-0.2, 0) is 6.61 Å². The molecule has 1 N–H and O–H groups in total. The Labute approximate surface area is 112 Å². The average Bonchev–Trinajstić information content (AvgIpc) is 3.18. The number of nitro groups is 1. The Bertz CT molecular complexity index is 515. The Morgan fingerprint density at radius 1 is 1.40 bits per heavy atom. The molecule has 0 radical (unpaired) electrons. The number of aliphatic hydroxyl groups excluding tert-OH is 1. The van der Waals surface area contributed by atoms with Gasteiger partial charge in [-0.25, -0.2) is 0 Å². The second kappa shape index (κ2) is 5.28. The van der Waals surface area contributed by atoms with Crippen LogP contribution in [0.5, 0.6) is 0 Å². The smallest absolute Gasteiger partial charge is 0.392 e. The highest BCUT2D eigenvalue weighted by Crippen LogP contribution is 2.37. The number of hydrogen-bond acceptors (Lipinski definition) is 4. The fraction of sp³-hybridized carbons (Fsp3) is 0.500. The Kier molecular flexibility index (Phi) is 3.85. The van der Waals surface area contributed by atoms with Crippen LogP contribution in [0.3, 0.4) is 0 Å². The van der Waals surface area contributed by atoms with Crippen molar-refractivity contribution in [3.05, 3.63) is 33.9 Å². The predicted molar refractivity (Wildman–Crippen MR) is 65.4 cm³/mol. The van der Waals surface area contributed by atoms with Crippen molar-refractivity contribution >= 4 is 11.4 Å². The lowest BCUT2D eigenvalue weighted by Crippen LogP contribution is -2.36. The molecule has 110 valence electrons. The maximum atomic E-state index is 12.6. The maximum Gasteiger partial charge on any atom is 0.405 e. The zero-order valence-electron chi connectivity index (χ0n) is 10.4. The molecule has 0 saturated heterocycles. The highest BCUT2D eigenvalue weighted by molar-refractivity contribution is 5.59. The second-order valence-electron chi connectivity index (χ2n) is 4.70. The molecule has 0 heterocycles. The molecule has 5 nitrogen and oxygen atoms in total. The van der Waals surface area contributed by atoms with Gasteiger partial charge in [0.05, 0.1) is 11.5 Å². The quantitative estimate of drug-likeness (QED) is 0.668. The number of hydrogen-bond donors (Lipinski definition) is 1. The van der Waals surface area contributed by atoms with Gasteiger partial charge in [-0.2, -0.15) is 13.2 Å². The van der Waals surface area contributed by atoms with Crippen LogP contribution in [0, 0.1) is 10.1 Å². The topological polar surface area (TPSA) is 66.6 Å². The van der Waals surface area contributed by atoms with Crippen LogP contribution in [0.4, 0.5) is 24.5 Å². The molecule has 8 heteroatoms. The fourth-order valence-electron chi connectivity index (χ4n) is 2.08. The number of nitrogens with zero attached hydrogens (tertiary/aromatic N) is 2. The molecular formula is C12H13F3N2O3. The summed E-state index contributed by atoms with van der Waals surface area (Å²) in [6, 6.07) is 3.32. The van der Waals surface area contributed by atoms with E-state index in [2.05, 4.69) is 0 Å². The highest BCUT2D eigenvalue weighted by atomic mass is 19.4. The fourth-order valence-corrected chi connectivity index (χ4v) is 2.08. The summed E-state index contributed by atoms with van der Waals surface area (Å²) in [7, 11) is 0. The predicted octanol–water partition coefficient (Wildman–Crippen LogP) is 2.62. The summed E-state index contributed by atoms with van der Waals surface area (Å²) in [6.07, 6.45) is -3.06. The van der Waals surface area contributed by atoms with E-state index in [-0.39, 0.29) is 23.0 Å². The number of rotatable bonds is 5. The molecule has 2 rings (SSSR count). The molecule has 1 aliphatic rings. The number of halogens is 3. The molecule has 1 aromatic carbocycles. The third-order valence-corrected chi connectivity index (χ3v) is 3.09. The first-order chi connectivity index (χ1) is 9.31. The SMILES string of the molecule is O=[N+]([O-])c1ccc(N(CC(F)(F)F)C2CC2)c(CO)c1. The zero-order valence-corrected chi connectivity index (χ0v) is 10.4. The van der Waals surface area contributed by atoms with Crippen molar-refractivity contribution in [1.29, 1.82) is 0 Å². The van der Waals surface area contributed by atoms with Crippen molar-refractivity contribution in [2.24, 2.45) is 0 Å². The largest absolute Gasteiger partial charge is 0.405 e. The van der Waals surface area contributed by atoms with E-state index in [1.165, 1.54) is 6.07 Å². The van der Waals surface area contributed by atoms with Gasteiger partial charge in [0.25, 0.3) is 5.69 Å². The van der Waals surface area contributed by atoms with Gasteiger partial charge in [-0.3, -0.25) is 10.1 Å². The van der Waals surface area contributed by atoms with E-state index >= 15 is 0 Å². The lowest BCUT2D eigenvalue weighted by molar-refractivity contribution is -0.384. The summed E-state index contributed by atoms with van der Waals surface area (Å²) in [5, 5.41) is 19.9. The van der Waals surface area contributed by atoms with E-state index in [4.69, 9.17) is 0 Å². The minimum absolute atomic E-state index is 0.135. The molecule has 0 aliphatic heterocycles. The van der Waals surface area contributed by atoms with Gasteiger partial charge in [-0.15, -0.1) is 0 Å². The summed E-state index contributed by atoms with van der Waals surface area (Å²) >= 11 is 0. The van der Waals surface area contributed by atoms with E-state index in [9.17, 15) is 28.4 Å². The zero-order chi connectivity index (χ0) is 14.9. The molecule has 1 saturated carbocycles. The molecular weight excluding hydrogens is 277 g/mol. The normalized spacial score (nSPS) is 15.2. The summed E-state index contributed by atoms with van der Waals surface area (Å²) < 4.78 is 37.8. The van der Waals surface area contributed by atoms with Gasteiger partial charge < -0.3 is 10.0 Å². The molecule has 0 aromatic heterocycles. The lowest BCUT2D eigenvalue weighted by atomic mass is 10.1. The van der Waals surface area contributed by atoms with Crippen LogP contribution in [-0.4, -0.2) is 28.8 Å².